The van der Waals surface area contributed by atoms with Crippen molar-refractivity contribution in [3.63, 3.8) is 0 Å². The number of fused-ring (bicyclic) bond motifs is 3. The quantitative estimate of drug-likeness (QED) is 0.536. The maximum Gasteiger partial charge on any atom is 0.0686 e. The van der Waals surface area contributed by atoms with Gasteiger partial charge in [-0.25, -0.2) is 5.01 Å². The minimum absolute atomic E-state index is 0.176. The van der Waals surface area contributed by atoms with Crippen molar-refractivity contribution in [1.29, 1.82) is 5.26 Å². The maximum atomic E-state index is 9.58. The van der Waals surface area contributed by atoms with E-state index in [0.29, 0.717) is 30.1 Å². The van der Waals surface area contributed by atoms with Crippen LogP contribution < -0.4 is 21.6 Å². The minimum atomic E-state index is -0.176. The molecule has 2 aliphatic carbocycles. The van der Waals surface area contributed by atoms with Crippen molar-refractivity contribution in [3.05, 3.63) is 0 Å². The molecule has 6 nitrogen and oxygen atoms in total. The van der Waals surface area contributed by atoms with Crippen molar-refractivity contribution in [1.82, 2.24) is 26.6 Å². The zero-order valence-electron chi connectivity index (χ0n) is 20.7. The summed E-state index contributed by atoms with van der Waals surface area (Å²) in [6.07, 6.45) is 9.14. The Labute approximate surface area is 195 Å². The Kier molecular flexibility index (Phi) is 6.59. The molecule has 0 aromatic carbocycles. The smallest absolute Gasteiger partial charge is 0.0686 e. The Hall–Kier alpha value is -0.710. The Morgan fingerprint density at radius 1 is 0.906 bits per heavy atom. The van der Waals surface area contributed by atoms with Gasteiger partial charge in [-0.05, 0) is 108 Å². The standard InChI is InChI=1S/C26H46N6/c1-16(2)32-14-19(12-29-32)18-7-10-22-21(11-18)24-23(13-28-22)30-31-25(24)17-5-8-20(9-6-17)26(3,4)15-27/h16-25,28-31H,5-14H2,1-4H3. The van der Waals surface area contributed by atoms with Gasteiger partial charge in [-0.2, -0.15) is 5.26 Å². The molecule has 4 N–H and O–H groups in total. The van der Waals surface area contributed by atoms with Crippen LogP contribution in [0.3, 0.4) is 0 Å². The third kappa shape index (κ3) is 4.25. The topological polar surface area (TPSA) is 75.1 Å². The van der Waals surface area contributed by atoms with Crippen LogP contribution in [0, 0.1) is 52.3 Å². The number of piperidine rings is 1. The highest BCUT2D eigenvalue weighted by molar-refractivity contribution is 5.08. The maximum absolute atomic E-state index is 9.58. The first-order chi connectivity index (χ1) is 15.4. The van der Waals surface area contributed by atoms with Crippen molar-refractivity contribution in [3.8, 4) is 6.07 Å². The molecular formula is C26H46N6. The molecule has 0 radical (unpaired) electrons. The number of nitriles is 1. The molecular weight excluding hydrogens is 396 g/mol. The van der Waals surface area contributed by atoms with Gasteiger partial charge in [-0.1, -0.05) is 0 Å². The predicted molar refractivity (Wildman–Crippen MR) is 128 cm³/mol. The van der Waals surface area contributed by atoms with Crippen molar-refractivity contribution < 1.29 is 0 Å². The zero-order chi connectivity index (χ0) is 22.5. The lowest BCUT2D eigenvalue weighted by Crippen LogP contribution is -2.58. The summed E-state index contributed by atoms with van der Waals surface area (Å²) < 4.78 is 0. The fourth-order valence-corrected chi connectivity index (χ4v) is 8.07. The Morgan fingerprint density at radius 3 is 2.34 bits per heavy atom. The summed E-state index contributed by atoms with van der Waals surface area (Å²) in [4.78, 5) is 0. The number of rotatable bonds is 4. The van der Waals surface area contributed by atoms with E-state index < -0.39 is 0 Å². The van der Waals surface area contributed by atoms with E-state index in [4.69, 9.17) is 0 Å². The molecule has 5 rings (SSSR count). The molecule has 0 amide bonds. The van der Waals surface area contributed by atoms with E-state index in [-0.39, 0.29) is 5.41 Å². The largest absolute Gasteiger partial charge is 0.312 e. The molecule has 0 bridgehead atoms. The van der Waals surface area contributed by atoms with Crippen LogP contribution in [-0.2, 0) is 0 Å². The molecule has 0 spiro atoms. The number of hydrogen-bond donors (Lipinski definition) is 4. The Balaban J connectivity index is 1.25. The lowest BCUT2D eigenvalue weighted by Gasteiger charge is -2.49. The van der Waals surface area contributed by atoms with Crippen molar-refractivity contribution >= 4 is 0 Å². The van der Waals surface area contributed by atoms with E-state index in [1.54, 1.807) is 0 Å². The van der Waals surface area contributed by atoms with E-state index >= 15 is 0 Å². The molecule has 6 heteroatoms. The lowest BCUT2D eigenvalue weighted by molar-refractivity contribution is 0.0524. The molecule has 7 atom stereocenters. The first-order valence-corrected chi connectivity index (χ1v) is 13.5. The van der Waals surface area contributed by atoms with Crippen LogP contribution in [-0.4, -0.2) is 48.8 Å². The number of hydrogen-bond acceptors (Lipinski definition) is 6. The summed E-state index contributed by atoms with van der Waals surface area (Å²) in [6, 6.07) is 5.05. The molecule has 3 heterocycles. The molecule has 3 aliphatic heterocycles. The van der Waals surface area contributed by atoms with Crippen LogP contribution in [0.4, 0.5) is 0 Å². The summed E-state index contributed by atoms with van der Waals surface area (Å²) in [6.45, 7) is 12.4. The molecule has 2 saturated carbocycles. The molecule has 32 heavy (non-hydrogen) atoms. The second-order valence-electron chi connectivity index (χ2n) is 12.6. The summed E-state index contributed by atoms with van der Waals surface area (Å²) >= 11 is 0. The Morgan fingerprint density at radius 2 is 1.66 bits per heavy atom. The van der Waals surface area contributed by atoms with Crippen molar-refractivity contribution in [2.45, 2.75) is 96.8 Å². The highest BCUT2D eigenvalue weighted by Gasteiger charge is 2.52. The minimum Gasteiger partial charge on any atom is -0.312 e. The van der Waals surface area contributed by atoms with Crippen LogP contribution in [0.1, 0.15) is 72.6 Å². The summed E-state index contributed by atoms with van der Waals surface area (Å²) in [5.41, 5.74) is 11.0. The number of nitrogens with one attached hydrogen (secondary N) is 4. The van der Waals surface area contributed by atoms with Crippen molar-refractivity contribution in [2.24, 2.45) is 40.9 Å². The molecule has 7 unspecified atom stereocenters. The van der Waals surface area contributed by atoms with Crippen LogP contribution in [0.25, 0.3) is 0 Å². The van der Waals surface area contributed by atoms with Crippen LogP contribution in [0.2, 0.25) is 0 Å². The van der Waals surface area contributed by atoms with E-state index in [9.17, 15) is 5.26 Å². The first-order valence-electron chi connectivity index (χ1n) is 13.5. The van der Waals surface area contributed by atoms with E-state index in [1.165, 1.54) is 58.0 Å². The average Bonchev–Trinajstić information content (AvgIpc) is 3.47. The third-order valence-electron chi connectivity index (χ3n) is 10.2. The predicted octanol–water partition coefficient (Wildman–Crippen LogP) is 3.04. The van der Waals surface area contributed by atoms with Gasteiger partial charge in [0.1, 0.15) is 0 Å². The fraction of sp³-hybridized carbons (Fsp3) is 0.962. The van der Waals surface area contributed by atoms with Crippen LogP contribution in [0.5, 0.6) is 0 Å². The van der Waals surface area contributed by atoms with Gasteiger partial charge in [0.25, 0.3) is 0 Å². The molecule has 0 aromatic rings. The highest BCUT2D eigenvalue weighted by Crippen LogP contribution is 2.48. The highest BCUT2D eigenvalue weighted by atomic mass is 15.5. The first kappa shape index (κ1) is 23.1. The van der Waals surface area contributed by atoms with Gasteiger partial charge in [0, 0.05) is 43.8 Å². The molecule has 5 fully saturated rings. The second-order valence-corrected chi connectivity index (χ2v) is 12.6. The molecule has 180 valence electrons. The summed E-state index contributed by atoms with van der Waals surface area (Å²) in [7, 11) is 0. The number of nitrogens with zero attached hydrogens (tertiary/aromatic N) is 2. The van der Waals surface area contributed by atoms with Crippen LogP contribution >= 0.6 is 0 Å². The molecule has 5 aliphatic rings. The average molecular weight is 443 g/mol. The van der Waals surface area contributed by atoms with E-state index in [0.717, 1.165) is 36.1 Å². The second kappa shape index (κ2) is 9.15. The SMILES string of the molecule is CC(C)N1CC(C2CCC3NCC4NNC(C5CCC(C(C)(C)C#N)CC5)C4C3C2)CN1. The van der Waals surface area contributed by atoms with Gasteiger partial charge in [0.2, 0.25) is 0 Å². The molecule has 3 saturated heterocycles. The summed E-state index contributed by atoms with van der Waals surface area (Å²) in [5, 5.41) is 16.0. The normalized spacial score (nSPS) is 45.4. The van der Waals surface area contributed by atoms with Gasteiger partial charge >= 0.3 is 0 Å². The monoisotopic (exact) mass is 442 g/mol. The lowest BCUT2D eigenvalue weighted by atomic mass is 9.60. The van der Waals surface area contributed by atoms with E-state index in [1.807, 2.05) is 0 Å². The van der Waals surface area contributed by atoms with E-state index in [2.05, 4.69) is 60.4 Å². The zero-order valence-corrected chi connectivity index (χ0v) is 20.7. The Bertz CT molecular complexity index is 693. The molecule has 0 aromatic heterocycles. The van der Waals surface area contributed by atoms with Gasteiger partial charge in [0.05, 0.1) is 11.5 Å². The summed E-state index contributed by atoms with van der Waals surface area (Å²) in [5.74, 6) is 4.54. The van der Waals surface area contributed by atoms with Gasteiger partial charge in [-0.3, -0.25) is 16.3 Å². The van der Waals surface area contributed by atoms with Gasteiger partial charge in [-0.15, -0.1) is 0 Å². The third-order valence-corrected chi connectivity index (χ3v) is 10.2. The fourth-order valence-electron chi connectivity index (χ4n) is 8.07. The van der Waals surface area contributed by atoms with Gasteiger partial charge in [0.15, 0.2) is 0 Å². The number of hydrazine groups is 2. The van der Waals surface area contributed by atoms with Crippen molar-refractivity contribution in [2.75, 3.05) is 19.6 Å². The van der Waals surface area contributed by atoms with Crippen LogP contribution in [0.15, 0.2) is 0 Å². The van der Waals surface area contributed by atoms with Gasteiger partial charge < -0.3 is 5.32 Å².